The third-order valence-electron chi connectivity index (χ3n) is 3.10. The number of thioether (sulfide) groups is 1. The van der Waals surface area contributed by atoms with E-state index in [4.69, 9.17) is 0 Å². The molecular formula is C17H15N3OS2. The molecule has 23 heavy (non-hydrogen) atoms. The number of nitrogens with zero attached hydrogens (tertiary/aromatic N) is 2. The summed E-state index contributed by atoms with van der Waals surface area (Å²) < 4.78 is 1.07. The number of rotatable bonds is 5. The molecule has 4 nitrogen and oxygen atoms in total. The maximum Gasteiger partial charge on any atom is 0.255 e. The first-order chi connectivity index (χ1) is 11.2. The number of thiazole rings is 1. The number of aryl methyl sites for hydroxylation is 1. The predicted octanol–water partition coefficient (Wildman–Crippen LogP) is 4.39. The SMILES string of the molecule is Cc1csc(SCc2ccc(C(=O)Nc3cccnc3)cc2)n1. The number of amides is 1. The summed E-state index contributed by atoms with van der Waals surface area (Å²) in [4.78, 5) is 20.6. The monoisotopic (exact) mass is 341 g/mol. The predicted molar refractivity (Wildman–Crippen MR) is 95.0 cm³/mol. The van der Waals surface area contributed by atoms with E-state index in [1.807, 2.05) is 42.6 Å². The third-order valence-corrected chi connectivity index (χ3v) is 5.31. The van der Waals surface area contributed by atoms with Gasteiger partial charge in [-0.25, -0.2) is 4.98 Å². The van der Waals surface area contributed by atoms with Crippen molar-refractivity contribution in [2.24, 2.45) is 0 Å². The van der Waals surface area contributed by atoms with Crippen LogP contribution in [-0.4, -0.2) is 15.9 Å². The molecule has 1 N–H and O–H groups in total. The molecule has 1 aromatic carbocycles. The molecule has 1 amide bonds. The topological polar surface area (TPSA) is 54.9 Å². The van der Waals surface area contributed by atoms with Crippen molar-refractivity contribution in [3.05, 3.63) is 71.0 Å². The summed E-state index contributed by atoms with van der Waals surface area (Å²) in [5.74, 6) is 0.713. The van der Waals surface area contributed by atoms with Crippen LogP contribution in [0.1, 0.15) is 21.6 Å². The molecule has 2 heterocycles. The fourth-order valence-electron chi connectivity index (χ4n) is 1.94. The van der Waals surface area contributed by atoms with Gasteiger partial charge < -0.3 is 5.32 Å². The second-order valence-corrected chi connectivity index (χ2v) is 7.02. The van der Waals surface area contributed by atoms with E-state index in [1.54, 1.807) is 41.6 Å². The number of nitrogens with one attached hydrogen (secondary N) is 1. The van der Waals surface area contributed by atoms with Crippen molar-refractivity contribution in [2.75, 3.05) is 5.32 Å². The Morgan fingerprint density at radius 1 is 1.26 bits per heavy atom. The average molecular weight is 341 g/mol. The van der Waals surface area contributed by atoms with Crippen LogP contribution in [0, 0.1) is 6.92 Å². The highest BCUT2D eigenvalue weighted by Crippen LogP contribution is 2.26. The number of aromatic nitrogens is 2. The molecule has 0 atom stereocenters. The Morgan fingerprint density at radius 2 is 2.09 bits per heavy atom. The molecule has 0 saturated carbocycles. The van der Waals surface area contributed by atoms with E-state index in [2.05, 4.69) is 15.3 Å². The van der Waals surface area contributed by atoms with Gasteiger partial charge in [0.25, 0.3) is 5.91 Å². The fraction of sp³-hybridized carbons (Fsp3) is 0.118. The van der Waals surface area contributed by atoms with Crippen molar-refractivity contribution >= 4 is 34.7 Å². The highest BCUT2D eigenvalue weighted by atomic mass is 32.2. The molecule has 3 aromatic rings. The van der Waals surface area contributed by atoms with Crippen LogP contribution in [0.3, 0.4) is 0 Å². The van der Waals surface area contributed by atoms with Crippen LogP contribution < -0.4 is 5.32 Å². The zero-order chi connectivity index (χ0) is 16.1. The summed E-state index contributed by atoms with van der Waals surface area (Å²) in [5.41, 5.74) is 3.55. The molecule has 0 bridgehead atoms. The molecular weight excluding hydrogens is 326 g/mol. The minimum atomic E-state index is -0.132. The summed E-state index contributed by atoms with van der Waals surface area (Å²) in [6.45, 7) is 2.00. The second kappa shape index (κ2) is 7.39. The second-order valence-electron chi connectivity index (χ2n) is 4.94. The van der Waals surface area contributed by atoms with E-state index < -0.39 is 0 Å². The molecule has 0 fully saturated rings. The molecule has 6 heteroatoms. The minimum Gasteiger partial charge on any atom is -0.321 e. The van der Waals surface area contributed by atoms with Gasteiger partial charge in [-0.2, -0.15) is 0 Å². The zero-order valence-corrected chi connectivity index (χ0v) is 14.2. The highest BCUT2D eigenvalue weighted by molar-refractivity contribution is 8.00. The zero-order valence-electron chi connectivity index (χ0n) is 12.5. The Balaban J connectivity index is 1.59. The van der Waals surface area contributed by atoms with Crippen molar-refractivity contribution in [1.82, 2.24) is 9.97 Å². The van der Waals surface area contributed by atoms with Gasteiger partial charge in [-0.3, -0.25) is 9.78 Å². The van der Waals surface area contributed by atoms with E-state index in [-0.39, 0.29) is 5.91 Å². The lowest BCUT2D eigenvalue weighted by molar-refractivity contribution is 0.102. The molecule has 0 aliphatic heterocycles. The van der Waals surface area contributed by atoms with E-state index in [0.717, 1.165) is 15.8 Å². The number of benzene rings is 1. The Kier molecular flexibility index (Phi) is 5.05. The van der Waals surface area contributed by atoms with Gasteiger partial charge >= 0.3 is 0 Å². The number of carbonyl (C=O) groups excluding carboxylic acids is 1. The molecule has 0 radical (unpaired) electrons. The Bertz CT molecular complexity index is 785. The first kappa shape index (κ1) is 15.7. The van der Waals surface area contributed by atoms with Crippen LogP contribution in [0.25, 0.3) is 0 Å². The summed E-state index contributed by atoms with van der Waals surface area (Å²) in [6, 6.07) is 11.2. The maximum absolute atomic E-state index is 12.2. The summed E-state index contributed by atoms with van der Waals surface area (Å²) in [5, 5.41) is 4.87. The van der Waals surface area contributed by atoms with Crippen LogP contribution in [0.2, 0.25) is 0 Å². The lowest BCUT2D eigenvalue weighted by atomic mass is 10.1. The molecule has 0 unspecified atom stereocenters. The Labute approximate surface area is 143 Å². The smallest absolute Gasteiger partial charge is 0.255 e. The first-order valence-electron chi connectivity index (χ1n) is 7.06. The van der Waals surface area contributed by atoms with Gasteiger partial charge in [-0.15, -0.1) is 11.3 Å². The number of carbonyl (C=O) groups is 1. The fourth-order valence-corrected chi connectivity index (χ4v) is 3.74. The van der Waals surface area contributed by atoms with Gasteiger partial charge in [0.2, 0.25) is 0 Å². The van der Waals surface area contributed by atoms with Crippen LogP contribution in [0.5, 0.6) is 0 Å². The largest absolute Gasteiger partial charge is 0.321 e. The maximum atomic E-state index is 12.2. The summed E-state index contributed by atoms with van der Waals surface area (Å²) >= 11 is 3.37. The standard InChI is InChI=1S/C17H15N3OS2/c1-12-10-22-17(19-12)23-11-13-4-6-14(7-5-13)16(21)20-15-3-2-8-18-9-15/h2-10H,11H2,1H3,(H,20,21). The van der Waals surface area contributed by atoms with Crippen molar-refractivity contribution < 1.29 is 4.79 Å². The van der Waals surface area contributed by atoms with Crippen molar-refractivity contribution in [2.45, 2.75) is 17.0 Å². The average Bonchev–Trinajstić information content (AvgIpc) is 3.00. The van der Waals surface area contributed by atoms with Crippen molar-refractivity contribution in [3.63, 3.8) is 0 Å². The van der Waals surface area contributed by atoms with Crippen molar-refractivity contribution in [1.29, 1.82) is 0 Å². The molecule has 0 saturated heterocycles. The van der Waals surface area contributed by atoms with E-state index >= 15 is 0 Å². The van der Waals surface area contributed by atoms with Gasteiger partial charge in [-0.1, -0.05) is 23.9 Å². The summed E-state index contributed by atoms with van der Waals surface area (Å²) in [7, 11) is 0. The molecule has 2 aromatic heterocycles. The highest BCUT2D eigenvalue weighted by Gasteiger charge is 2.06. The third kappa shape index (κ3) is 4.40. The summed E-state index contributed by atoms with van der Waals surface area (Å²) in [6.07, 6.45) is 3.30. The van der Waals surface area contributed by atoms with Gasteiger partial charge in [-0.05, 0) is 36.8 Å². The van der Waals surface area contributed by atoms with Crippen LogP contribution in [0.4, 0.5) is 5.69 Å². The van der Waals surface area contributed by atoms with Crippen molar-refractivity contribution in [3.8, 4) is 0 Å². The molecule has 0 aliphatic carbocycles. The number of anilines is 1. The lowest BCUT2D eigenvalue weighted by Gasteiger charge is -2.05. The minimum absolute atomic E-state index is 0.132. The van der Waals surface area contributed by atoms with Crippen LogP contribution in [0.15, 0.2) is 58.5 Å². The Morgan fingerprint density at radius 3 is 2.74 bits per heavy atom. The Hall–Kier alpha value is -2.18. The number of pyridine rings is 1. The van der Waals surface area contributed by atoms with Gasteiger partial charge in [0, 0.05) is 28.6 Å². The van der Waals surface area contributed by atoms with Gasteiger partial charge in [0.15, 0.2) is 0 Å². The van der Waals surface area contributed by atoms with Crippen LogP contribution >= 0.6 is 23.1 Å². The van der Waals surface area contributed by atoms with E-state index in [9.17, 15) is 4.79 Å². The van der Waals surface area contributed by atoms with E-state index in [0.29, 0.717) is 11.3 Å². The van der Waals surface area contributed by atoms with Gasteiger partial charge in [0.1, 0.15) is 4.34 Å². The molecule has 3 rings (SSSR count). The lowest BCUT2D eigenvalue weighted by Crippen LogP contribution is -2.11. The first-order valence-corrected chi connectivity index (χ1v) is 8.92. The molecule has 116 valence electrons. The van der Waals surface area contributed by atoms with Crippen LogP contribution in [-0.2, 0) is 5.75 Å². The van der Waals surface area contributed by atoms with E-state index in [1.165, 1.54) is 5.56 Å². The normalized spacial score (nSPS) is 10.5. The van der Waals surface area contributed by atoms with Gasteiger partial charge in [0.05, 0.1) is 11.9 Å². The number of hydrogen-bond acceptors (Lipinski definition) is 5. The molecule has 0 aliphatic rings. The quantitative estimate of drug-likeness (QED) is 0.699. The number of hydrogen-bond donors (Lipinski definition) is 1. The molecule has 0 spiro atoms.